The van der Waals surface area contributed by atoms with E-state index in [4.69, 9.17) is 21.7 Å². The van der Waals surface area contributed by atoms with Crippen molar-refractivity contribution in [1.29, 1.82) is 0 Å². The zero-order chi connectivity index (χ0) is 13.3. The molecule has 6 N–H and O–H groups in total. The highest BCUT2D eigenvalue weighted by atomic mass is 16.4. The molecular formula is C11H16N2O4. The van der Waals surface area contributed by atoms with Crippen LogP contribution in [-0.2, 0) is 9.59 Å². The fraction of sp³-hybridized carbons (Fsp3) is 0.273. The number of carbonyl (C=O) groups is 2. The van der Waals surface area contributed by atoms with Crippen LogP contribution in [0.25, 0.3) is 0 Å². The third kappa shape index (κ3) is 8.88. The first-order valence-electron chi connectivity index (χ1n) is 4.94. The van der Waals surface area contributed by atoms with Crippen LogP contribution in [-0.4, -0.2) is 28.1 Å². The number of amides is 1. The lowest BCUT2D eigenvalue weighted by Gasteiger charge is -2.01. The van der Waals surface area contributed by atoms with Crippen LogP contribution in [0.15, 0.2) is 30.3 Å². The van der Waals surface area contributed by atoms with Gasteiger partial charge in [0.1, 0.15) is 11.8 Å². The van der Waals surface area contributed by atoms with Gasteiger partial charge in [-0.15, -0.1) is 0 Å². The summed E-state index contributed by atoms with van der Waals surface area (Å²) in [6.45, 7) is 0. The molecular weight excluding hydrogens is 224 g/mol. The van der Waals surface area contributed by atoms with Crippen LogP contribution in [0.5, 0.6) is 5.75 Å². The third-order valence-corrected chi connectivity index (χ3v) is 1.78. The van der Waals surface area contributed by atoms with Gasteiger partial charge in [-0.3, -0.25) is 9.59 Å². The summed E-state index contributed by atoms with van der Waals surface area (Å²) in [5, 5.41) is 16.8. The smallest absolute Gasteiger partial charge is 0.320 e. The Bertz CT molecular complexity index is 354. The van der Waals surface area contributed by atoms with E-state index in [0.717, 1.165) is 0 Å². The number of benzene rings is 1. The van der Waals surface area contributed by atoms with Gasteiger partial charge in [-0.1, -0.05) is 18.2 Å². The molecule has 1 rings (SSSR count). The topological polar surface area (TPSA) is 127 Å². The second kappa shape index (κ2) is 8.12. The summed E-state index contributed by atoms with van der Waals surface area (Å²) in [6, 6.07) is 7.73. The largest absolute Gasteiger partial charge is 0.508 e. The third-order valence-electron chi connectivity index (χ3n) is 1.78. The number of phenolic OH excluding ortho intramolecular Hbond substituents is 1. The monoisotopic (exact) mass is 240 g/mol. The van der Waals surface area contributed by atoms with Gasteiger partial charge < -0.3 is 21.7 Å². The maximum absolute atomic E-state index is 10.1. The van der Waals surface area contributed by atoms with Crippen molar-refractivity contribution in [2.24, 2.45) is 11.5 Å². The summed E-state index contributed by atoms with van der Waals surface area (Å²) in [4.78, 5) is 20.1. The molecule has 0 radical (unpaired) electrons. The number of rotatable bonds is 4. The van der Waals surface area contributed by atoms with Gasteiger partial charge in [0.15, 0.2) is 0 Å². The van der Waals surface area contributed by atoms with Gasteiger partial charge in [-0.05, 0) is 18.6 Å². The quantitative estimate of drug-likeness (QED) is 0.591. The van der Waals surface area contributed by atoms with E-state index in [1.54, 1.807) is 24.3 Å². The minimum absolute atomic E-state index is 0.0213. The number of hydrogen-bond acceptors (Lipinski definition) is 4. The zero-order valence-electron chi connectivity index (χ0n) is 9.24. The molecule has 0 fully saturated rings. The summed E-state index contributed by atoms with van der Waals surface area (Å²) in [5.74, 6) is -1.32. The molecule has 0 aliphatic rings. The van der Waals surface area contributed by atoms with Crippen molar-refractivity contribution in [3.8, 4) is 5.75 Å². The molecule has 94 valence electrons. The summed E-state index contributed by atoms with van der Waals surface area (Å²) >= 11 is 0. The fourth-order valence-electron chi connectivity index (χ4n) is 0.849. The molecule has 6 heteroatoms. The molecule has 0 saturated carbocycles. The first kappa shape index (κ1) is 14.9. The summed E-state index contributed by atoms with van der Waals surface area (Å²) in [5.41, 5.74) is 9.81. The molecule has 0 aliphatic carbocycles. The zero-order valence-corrected chi connectivity index (χ0v) is 9.24. The average molecular weight is 240 g/mol. The van der Waals surface area contributed by atoms with Crippen LogP contribution in [0.4, 0.5) is 0 Å². The van der Waals surface area contributed by atoms with Gasteiger partial charge in [-0.2, -0.15) is 0 Å². The molecule has 1 unspecified atom stereocenters. The standard InChI is InChI=1S/C6H6O.C5H10N2O3/c7-6-4-2-1-3-5-6;6-3(5(9)10)1-2-4(7)8/h1-5,7H;3H,1-2,6H2,(H2,7,8)(H,9,10). The van der Waals surface area contributed by atoms with Crippen molar-refractivity contribution in [3.05, 3.63) is 30.3 Å². The van der Waals surface area contributed by atoms with E-state index in [9.17, 15) is 9.59 Å². The number of para-hydroxylation sites is 1. The van der Waals surface area contributed by atoms with Crippen molar-refractivity contribution in [2.45, 2.75) is 18.9 Å². The van der Waals surface area contributed by atoms with E-state index in [2.05, 4.69) is 0 Å². The Morgan fingerprint density at radius 2 is 1.76 bits per heavy atom. The van der Waals surface area contributed by atoms with Crippen molar-refractivity contribution in [3.63, 3.8) is 0 Å². The number of hydrogen-bond donors (Lipinski definition) is 4. The first-order chi connectivity index (χ1) is 7.93. The van der Waals surface area contributed by atoms with Crippen molar-refractivity contribution in [2.75, 3.05) is 0 Å². The molecule has 0 spiro atoms. The van der Waals surface area contributed by atoms with E-state index in [0.29, 0.717) is 5.75 Å². The Hall–Kier alpha value is -2.08. The highest BCUT2D eigenvalue weighted by molar-refractivity contribution is 5.76. The van der Waals surface area contributed by atoms with E-state index >= 15 is 0 Å². The molecule has 6 nitrogen and oxygen atoms in total. The minimum Gasteiger partial charge on any atom is -0.508 e. The molecule has 0 aromatic heterocycles. The molecule has 1 aromatic carbocycles. The molecule has 0 saturated heterocycles. The number of primary amides is 1. The molecule has 0 heterocycles. The van der Waals surface area contributed by atoms with Gasteiger partial charge in [0.05, 0.1) is 0 Å². The lowest BCUT2D eigenvalue weighted by atomic mass is 10.2. The normalized spacial score (nSPS) is 10.9. The van der Waals surface area contributed by atoms with E-state index in [-0.39, 0.29) is 12.8 Å². The Balaban J connectivity index is 0.000000318. The van der Waals surface area contributed by atoms with Crippen molar-refractivity contribution in [1.82, 2.24) is 0 Å². The Kier molecular flexibility index (Phi) is 7.12. The number of carboxylic acid groups (broad SMARTS) is 1. The van der Waals surface area contributed by atoms with Crippen LogP contribution in [0.1, 0.15) is 12.8 Å². The predicted octanol–water partition coefficient (Wildman–Crippen LogP) is 0.0560. The SMILES string of the molecule is NC(=O)CCC(N)C(=O)O.Oc1ccccc1. The van der Waals surface area contributed by atoms with Crippen LogP contribution < -0.4 is 11.5 Å². The average Bonchev–Trinajstić information content (AvgIpc) is 2.27. The van der Waals surface area contributed by atoms with Gasteiger partial charge in [0.25, 0.3) is 0 Å². The molecule has 1 aromatic rings. The number of carbonyl (C=O) groups excluding carboxylic acids is 1. The maximum Gasteiger partial charge on any atom is 0.320 e. The molecule has 17 heavy (non-hydrogen) atoms. The van der Waals surface area contributed by atoms with E-state index < -0.39 is 17.9 Å². The number of aliphatic carboxylic acids is 1. The molecule has 0 aliphatic heterocycles. The second-order valence-corrected chi connectivity index (χ2v) is 3.29. The lowest BCUT2D eigenvalue weighted by molar-refractivity contribution is -0.138. The molecule has 0 bridgehead atoms. The lowest BCUT2D eigenvalue weighted by Crippen LogP contribution is -2.31. The van der Waals surface area contributed by atoms with Crippen molar-refractivity contribution < 1.29 is 19.8 Å². The summed E-state index contributed by atoms with van der Waals surface area (Å²) < 4.78 is 0. The Labute approximate surface area is 98.9 Å². The van der Waals surface area contributed by atoms with Crippen molar-refractivity contribution >= 4 is 11.9 Å². The van der Waals surface area contributed by atoms with Gasteiger partial charge in [0, 0.05) is 6.42 Å². The van der Waals surface area contributed by atoms with E-state index in [1.165, 1.54) is 0 Å². The summed E-state index contributed by atoms with van der Waals surface area (Å²) in [6.07, 6.45) is 0.123. The first-order valence-corrected chi connectivity index (χ1v) is 4.94. The number of phenols is 1. The van der Waals surface area contributed by atoms with Crippen LogP contribution in [0.2, 0.25) is 0 Å². The second-order valence-electron chi connectivity index (χ2n) is 3.29. The Morgan fingerprint density at radius 3 is 2.06 bits per heavy atom. The highest BCUT2D eigenvalue weighted by Crippen LogP contribution is 2.02. The number of carboxylic acids is 1. The van der Waals surface area contributed by atoms with Gasteiger partial charge in [0.2, 0.25) is 5.91 Å². The summed E-state index contributed by atoms with van der Waals surface area (Å²) in [7, 11) is 0. The van der Waals surface area contributed by atoms with Crippen LogP contribution in [0, 0.1) is 0 Å². The number of aromatic hydroxyl groups is 1. The highest BCUT2D eigenvalue weighted by Gasteiger charge is 2.11. The minimum atomic E-state index is -1.11. The number of nitrogens with two attached hydrogens (primary N) is 2. The van der Waals surface area contributed by atoms with Gasteiger partial charge in [-0.25, -0.2) is 0 Å². The van der Waals surface area contributed by atoms with E-state index in [1.807, 2.05) is 6.07 Å². The fourth-order valence-corrected chi connectivity index (χ4v) is 0.849. The molecule has 1 amide bonds. The van der Waals surface area contributed by atoms with Crippen LogP contribution >= 0.6 is 0 Å². The predicted molar refractivity (Wildman–Crippen MR) is 62.1 cm³/mol. The van der Waals surface area contributed by atoms with Crippen LogP contribution in [0.3, 0.4) is 0 Å². The maximum atomic E-state index is 10.1. The molecule has 1 atom stereocenters. The van der Waals surface area contributed by atoms with Gasteiger partial charge >= 0.3 is 5.97 Å². The Morgan fingerprint density at radius 1 is 1.24 bits per heavy atom.